The second-order valence-corrected chi connectivity index (χ2v) is 5.38. The van der Waals surface area contributed by atoms with Crippen LogP contribution in [-0.2, 0) is 9.53 Å². The average Bonchev–Trinajstić information content (AvgIpc) is 2.51. The standard InChI is InChI=1S/C18H19NO4/c1-10(2)16(17(19)20)23-18(21)15-9-12(22-4)8-14-11(3)6-5-7-13(14)15/h5-9,16H,1H2,2-4H3,(H2,19,20)/t16-/m1/s1. The van der Waals surface area contributed by atoms with E-state index in [2.05, 4.69) is 6.58 Å². The maximum absolute atomic E-state index is 12.5. The average molecular weight is 313 g/mol. The number of rotatable bonds is 5. The third-order valence-corrected chi connectivity index (χ3v) is 3.57. The highest BCUT2D eigenvalue weighted by molar-refractivity contribution is 6.06. The number of hydrogen-bond donors (Lipinski definition) is 1. The monoisotopic (exact) mass is 313 g/mol. The summed E-state index contributed by atoms with van der Waals surface area (Å²) in [5.41, 5.74) is 6.94. The molecule has 120 valence electrons. The third kappa shape index (κ3) is 3.34. The van der Waals surface area contributed by atoms with Gasteiger partial charge < -0.3 is 15.2 Å². The number of methoxy groups -OCH3 is 1. The number of primary amides is 1. The summed E-state index contributed by atoms with van der Waals surface area (Å²) in [7, 11) is 1.52. The van der Waals surface area contributed by atoms with Crippen LogP contribution in [0, 0.1) is 6.92 Å². The molecule has 5 nitrogen and oxygen atoms in total. The van der Waals surface area contributed by atoms with Gasteiger partial charge in [-0.2, -0.15) is 0 Å². The van der Waals surface area contributed by atoms with Crippen molar-refractivity contribution in [1.82, 2.24) is 0 Å². The zero-order chi connectivity index (χ0) is 17.1. The Morgan fingerprint density at radius 3 is 2.48 bits per heavy atom. The van der Waals surface area contributed by atoms with Crippen LogP contribution in [0.3, 0.4) is 0 Å². The smallest absolute Gasteiger partial charge is 0.340 e. The molecule has 0 aliphatic heterocycles. The van der Waals surface area contributed by atoms with E-state index in [1.807, 2.05) is 31.2 Å². The molecule has 0 bridgehead atoms. The maximum atomic E-state index is 12.5. The van der Waals surface area contributed by atoms with Gasteiger partial charge in [0.1, 0.15) is 5.75 Å². The molecule has 0 heterocycles. The normalized spacial score (nSPS) is 11.8. The van der Waals surface area contributed by atoms with Gasteiger partial charge in [0.05, 0.1) is 12.7 Å². The van der Waals surface area contributed by atoms with E-state index in [0.717, 1.165) is 16.3 Å². The van der Waals surface area contributed by atoms with Crippen LogP contribution in [0.5, 0.6) is 5.75 Å². The van der Waals surface area contributed by atoms with Crippen LogP contribution in [0.1, 0.15) is 22.8 Å². The lowest BCUT2D eigenvalue weighted by molar-refractivity contribution is -0.124. The molecule has 0 aliphatic rings. The molecule has 1 amide bonds. The van der Waals surface area contributed by atoms with Gasteiger partial charge in [0, 0.05) is 0 Å². The number of fused-ring (bicyclic) bond motifs is 1. The molecule has 0 saturated heterocycles. The van der Waals surface area contributed by atoms with Crippen molar-refractivity contribution in [3.63, 3.8) is 0 Å². The molecule has 0 spiro atoms. The number of carbonyl (C=O) groups excluding carboxylic acids is 2. The largest absolute Gasteiger partial charge is 0.497 e. The fraction of sp³-hybridized carbons (Fsp3) is 0.222. The minimum atomic E-state index is -1.16. The molecule has 2 aromatic rings. The first kappa shape index (κ1) is 16.5. The highest BCUT2D eigenvalue weighted by Crippen LogP contribution is 2.28. The molecule has 0 fully saturated rings. The zero-order valence-electron chi connectivity index (χ0n) is 13.4. The molecule has 0 unspecified atom stereocenters. The molecular weight excluding hydrogens is 294 g/mol. The molecule has 0 radical (unpaired) electrons. The lowest BCUT2D eigenvalue weighted by Gasteiger charge is -2.16. The molecule has 1 atom stereocenters. The Morgan fingerprint density at radius 1 is 1.22 bits per heavy atom. The lowest BCUT2D eigenvalue weighted by Crippen LogP contribution is -2.34. The molecule has 2 N–H and O–H groups in total. The van der Waals surface area contributed by atoms with Gasteiger partial charge in [0.15, 0.2) is 0 Å². The van der Waals surface area contributed by atoms with E-state index in [1.54, 1.807) is 13.0 Å². The number of nitrogens with two attached hydrogens (primary N) is 1. The lowest BCUT2D eigenvalue weighted by atomic mass is 10.00. The van der Waals surface area contributed by atoms with Crippen LogP contribution in [0.4, 0.5) is 0 Å². The second kappa shape index (κ2) is 6.52. The number of hydrogen-bond acceptors (Lipinski definition) is 4. The van der Waals surface area contributed by atoms with E-state index < -0.39 is 18.0 Å². The molecule has 23 heavy (non-hydrogen) atoms. The van der Waals surface area contributed by atoms with Crippen LogP contribution in [-0.4, -0.2) is 25.1 Å². The first-order chi connectivity index (χ1) is 10.8. The van der Waals surface area contributed by atoms with Crippen LogP contribution in [0.25, 0.3) is 10.8 Å². The summed E-state index contributed by atoms with van der Waals surface area (Å²) < 4.78 is 10.5. The summed E-state index contributed by atoms with van der Waals surface area (Å²) in [6.07, 6.45) is -1.16. The first-order valence-corrected chi connectivity index (χ1v) is 7.08. The Hall–Kier alpha value is -2.82. The third-order valence-electron chi connectivity index (χ3n) is 3.57. The topological polar surface area (TPSA) is 78.6 Å². The highest BCUT2D eigenvalue weighted by atomic mass is 16.5. The fourth-order valence-electron chi connectivity index (χ4n) is 2.37. The number of ether oxygens (including phenoxy) is 2. The van der Waals surface area contributed by atoms with Gasteiger partial charge in [0.2, 0.25) is 6.10 Å². The van der Waals surface area contributed by atoms with Gasteiger partial charge in [-0.3, -0.25) is 4.79 Å². The van der Waals surface area contributed by atoms with Crippen LogP contribution < -0.4 is 10.5 Å². The van der Waals surface area contributed by atoms with E-state index in [-0.39, 0.29) is 0 Å². The quantitative estimate of drug-likeness (QED) is 0.680. The second-order valence-electron chi connectivity index (χ2n) is 5.38. The molecule has 0 saturated carbocycles. The van der Waals surface area contributed by atoms with Gasteiger partial charge in [-0.05, 0) is 47.9 Å². The van der Waals surface area contributed by atoms with Crippen molar-refractivity contribution in [2.24, 2.45) is 5.73 Å². The van der Waals surface area contributed by atoms with Crippen molar-refractivity contribution >= 4 is 22.6 Å². The van der Waals surface area contributed by atoms with Gasteiger partial charge in [0.25, 0.3) is 5.91 Å². The van der Waals surface area contributed by atoms with Gasteiger partial charge in [-0.25, -0.2) is 4.79 Å². The zero-order valence-corrected chi connectivity index (χ0v) is 13.4. The Balaban J connectivity index is 2.53. The SMILES string of the molecule is C=C(C)[C@@H](OC(=O)c1cc(OC)cc2c(C)cccc12)C(N)=O. The predicted octanol–water partition coefficient (Wildman–Crippen LogP) is 2.74. The molecule has 2 rings (SSSR count). The van der Waals surface area contributed by atoms with Crippen LogP contribution in [0.15, 0.2) is 42.5 Å². The minimum Gasteiger partial charge on any atom is -0.497 e. The van der Waals surface area contributed by atoms with Gasteiger partial charge in [-0.1, -0.05) is 24.8 Å². The van der Waals surface area contributed by atoms with Crippen molar-refractivity contribution in [1.29, 1.82) is 0 Å². The number of amides is 1. The van der Waals surface area contributed by atoms with E-state index in [4.69, 9.17) is 15.2 Å². The number of benzene rings is 2. The summed E-state index contributed by atoms with van der Waals surface area (Å²) >= 11 is 0. The summed E-state index contributed by atoms with van der Waals surface area (Å²) in [6.45, 7) is 7.15. The Labute approximate surface area is 134 Å². The molecule has 2 aromatic carbocycles. The van der Waals surface area contributed by atoms with Crippen molar-refractivity contribution in [2.45, 2.75) is 20.0 Å². The van der Waals surface area contributed by atoms with Crippen molar-refractivity contribution in [2.75, 3.05) is 7.11 Å². The maximum Gasteiger partial charge on any atom is 0.340 e. The summed E-state index contributed by atoms with van der Waals surface area (Å²) in [5, 5.41) is 1.60. The highest BCUT2D eigenvalue weighted by Gasteiger charge is 2.23. The Kier molecular flexibility index (Phi) is 4.69. The molecular formula is C18H19NO4. The predicted molar refractivity (Wildman–Crippen MR) is 88.4 cm³/mol. The van der Waals surface area contributed by atoms with Crippen molar-refractivity contribution in [3.05, 3.63) is 53.6 Å². The number of carbonyl (C=O) groups is 2. The summed E-state index contributed by atoms with van der Waals surface area (Å²) in [5.74, 6) is -0.870. The minimum absolute atomic E-state index is 0.315. The van der Waals surface area contributed by atoms with Crippen molar-refractivity contribution < 1.29 is 19.1 Å². The Morgan fingerprint density at radius 2 is 1.91 bits per heavy atom. The molecule has 5 heteroatoms. The molecule has 0 aromatic heterocycles. The number of aryl methyl sites for hydroxylation is 1. The van der Waals surface area contributed by atoms with E-state index in [9.17, 15) is 9.59 Å². The van der Waals surface area contributed by atoms with E-state index >= 15 is 0 Å². The summed E-state index contributed by atoms with van der Waals surface area (Å²) in [4.78, 5) is 23.9. The van der Waals surface area contributed by atoms with E-state index in [1.165, 1.54) is 7.11 Å². The van der Waals surface area contributed by atoms with Crippen LogP contribution >= 0.6 is 0 Å². The summed E-state index contributed by atoms with van der Waals surface area (Å²) in [6, 6.07) is 9.05. The number of esters is 1. The van der Waals surface area contributed by atoms with Gasteiger partial charge >= 0.3 is 5.97 Å². The first-order valence-electron chi connectivity index (χ1n) is 7.08. The Bertz CT molecular complexity index is 781. The fourth-order valence-corrected chi connectivity index (χ4v) is 2.37. The van der Waals surface area contributed by atoms with Crippen LogP contribution in [0.2, 0.25) is 0 Å². The van der Waals surface area contributed by atoms with E-state index in [0.29, 0.717) is 16.9 Å². The molecule has 0 aliphatic carbocycles. The van der Waals surface area contributed by atoms with Crippen molar-refractivity contribution in [3.8, 4) is 5.75 Å². The van der Waals surface area contributed by atoms with Gasteiger partial charge in [-0.15, -0.1) is 0 Å².